The molecule has 0 N–H and O–H groups in total. The van der Waals surface area contributed by atoms with Crippen LogP contribution >= 0.6 is 0 Å². The van der Waals surface area contributed by atoms with Gasteiger partial charge in [-0.1, -0.05) is 195 Å². The van der Waals surface area contributed by atoms with Gasteiger partial charge in [-0.3, -0.25) is 0 Å². The molecule has 0 saturated carbocycles. The quantitative estimate of drug-likeness (QED) is 0.0517. The lowest BCUT2D eigenvalue weighted by molar-refractivity contribution is -0.407. The summed E-state index contributed by atoms with van der Waals surface area (Å²) in [6, 6.07) is 0. The molecule has 0 rings (SSSR count). The number of hydrogen-bond acceptors (Lipinski definition) is 3. The Kier molecular flexibility index (Phi) is 34.7. The summed E-state index contributed by atoms with van der Waals surface area (Å²) in [6.07, 6.45) is 39.6. The lowest BCUT2D eigenvalue weighted by Gasteiger charge is -2.40. The fourth-order valence-corrected chi connectivity index (χ4v) is 6.16. The van der Waals surface area contributed by atoms with Crippen molar-refractivity contribution in [3.8, 4) is 0 Å². The molecule has 0 aliphatic rings. The molecule has 1 unspecified atom stereocenters. The van der Waals surface area contributed by atoms with E-state index in [-0.39, 0.29) is 0 Å². The average Bonchev–Trinajstić information content (AvgIpc) is 3.01. The summed E-state index contributed by atoms with van der Waals surface area (Å²) < 4.78 is 20.0. The first-order chi connectivity index (χ1) is 21.2. The molecule has 3 nitrogen and oxygen atoms in total. The molecule has 0 spiro atoms. The predicted octanol–water partition coefficient (Wildman–Crippen LogP) is 14.1. The molecule has 260 valence electrons. The van der Waals surface area contributed by atoms with Crippen LogP contribution < -0.4 is 0 Å². The molecule has 0 radical (unpaired) electrons. The molecule has 0 aromatic heterocycles. The Bertz CT molecular complexity index is 481. The van der Waals surface area contributed by atoms with E-state index in [9.17, 15) is 0 Å². The summed E-state index contributed by atoms with van der Waals surface area (Å²) in [5.74, 6) is -0.519. The first kappa shape index (κ1) is 42.9. The molecule has 0 saturated heterocycles. The summed E-state index contributed by atoms with van der Waals surface area (Å²) in [6.45, 7) is 13.5. The van der Waals surface area contributed by atoms with Crippen LogP contribution in [-0.4, -0.2) is 25.8 Å². The van der Waals surface area contributed by atoms with Crippen molar-refractivity contribution in [2.45, 2.75) is 233 Å². The lowest BCUT2D eigenvalue weighted by Crippen LogP contribution is -2.47. The summed E-state index contributed by atoms with van der Waals surface area (Å²) in [7, 11) is 0. The Labute approximate surface area is 272 Å². The van der Waals surface area contributed by atoms with Crippen molar-refractivity contribution in [1.82, 2.24) is 0 Å². The van der Waals surface area contributed by atoms with Crippen molar-refractivity contribution < 1.29 is 14.2 Å². The minimum Gasteiger partial charge on any atom is -0.327 e. The van der Waals surface area contributed by atoms with E-state index in [0.717, 1.165) is 71.2 Å². The maximum Gasteiger partial charge on any atom is 0.285 e. The number of rotatable bonds is 37. The summed E-state index contributed by atoms with van der Waals surface area (Å²) in [5, 5.41) is 0. The summed E-state index contributed by atoms with van der Waals surface area (Å²) in [5.41, 5.74) is 0. The molecule has 0 aromatic carbocycles. The van der Waals surface area contributed by atoms with Crippen molar-refractivity contribution in [2.24, 2.45) is 5.92 Å². The molecule has 0 aliphatic heterocycles. The molecule has 0 aliphatic carbocycles. The standard InChI is InChI=1S/C40H82O3/c1-6-11-16-18-20-21-22-23-24-25-26-27-28-29-31-33-35-39(34-32-30-19-17-12-7-2)40(41-36-13-8-3,42-37-14-9-4)43-38-15-10-5/h39H,6-38H2,1-5H3. The van der Waals surface area contributed by atoms with Crippen LogP contribution in [0.25, 0.3) is 0 Å². The third kappa shape index (κ3) is 26.8. The van der Waals surface area contributed by atoms with E-state index in [1.54, 1.807) is 0 Å². The van der Waals surface area contributed by atoms with E-state index >= 15 is 0 Å². The SMILES string of the molecule is CCCCCCCCCCCCCCCCCCC(CCCCCCCC)C(OCCCC)(OCCCC)OCCCC. The normalized spacial score (nSPS) is 12.8. The van der Waals surface area contributed by atoms with E-state index in [0.29, 0.717) is 5.92 Å². The molecular formula is C40H82O3. The fraction of sp³-hybridized carbons (Fsp3) is 1.00. The molecule has 0 fully saturated rings. The second-order valence-electron chi connectivity index (χ2n) is 13.6. The van der Waals surface area contributed by atoms with Crippen LogP contribution in [0.15, 0.2) is 0 Å². The average molecular weight is 611 g/mol. The summed E-state index contributed by atoms with van der Waals surface area (Å²) in [4.78, 5) is 0. The Morgan fingerprint density at radius 2 is 0.535 bits per heavy atom. The second kappa shape index (κ2) is 34.7. The minimum atomic E-state index is -0.849. The molecule has 0 amide bonds. The highest BCUT2D eigenvalue weighted by molar-refractivity contribution is 4.74. The van der Waals surface area contributed by atoms with E-state index in [4.69, 9.17) is 14.2 Å². The van der Waals surface area contributed by atoms with Gasteiger partial charge in [-0.25, -0.2) is 0 Å². The zero-order valence-electron chi connectivity index (χ0n) is 30.6. The maximum atomic E-state index is 6.66. The van der Waals surface area contributed by atoms with Gasteiger partial charge < -0.3 is 14.2 Å². The molecule has 0 bridgehead atoms. The number of unbranched alkanes of at least 4 members (excludes halogenated alkanes) is 23. The van der Waals surface area contributed by atoms with Gasteiger partial charge in [0.1, 0.15) is 0 Å². The highest BCUT2D eigenvalue weighted by Crippen LogP contribution is 2.35. The monoisotopic (exact) mass is 611 g/mol. The van der Waals surface area contributed by atoms with Crippen LogP contribution in [0.3, 0.4) is 0 Å². The molecular weight excluding hydrogens is 528 g/mol. The third-order valence-electron chi connectivity index (χ3n) is 9.22. The topological polar surface area (TPSA) is 27.7 Å². The van der Waals surface area contributed by atoms with Crippen LogP contribution in [0.1, 0.15) is 227 Å². The van der Waals surface area contributed by atoms with Crippen LogP contribution in [0.5, 0.6) is 0 Å². The van der Waals surface area contributed by atoms with Gasteiger partial charge in [-0.15, -0.1) is 0 Å². The molecule has 43 heavy (non-hydrogen) atoms. The predicted molar refractivity (Wildman–Crippen MR) is 191 cm³/mol. The molecule has 3 heteroatoms. The summed E-state index contributed by atoms with van der Waals surface area (Å²) >= 11 is 0. The second-order valence-corrected chi connectivity index (χ2v) is 13.6. The molecule has 0 aromatic rings. The van der Waals surface area contributed by atoms with Gasteiger partial charge in [0.25, 0.3) is 5.97 Å². The Balaban J connectivity index is 4.71. The zero-order chi connectivity index (χ0) is 31.5. The van der Waals surface area contributed by atoms with Gasteiger partial charge in [-0.2, -0.15) is 0 Å². The molecule has 1 atom stereocenters. The lowest BCUT2D eigenvalue weighted by atomic mass is 9.91. The van der Waals surface area contributed by atoms with Gasteiger partial charge in [0.15, 0.2) is 0 Å². The minimum absolute atomic E-state index is 0.330. The van der Waals surface area contributed by atoms with Crippen LogP contribution in [0.2, 0.25) is 0 Å². The van der Waals surface area contributed by atoms with E-state index < -0.39 is 5.97 Å². The van der Waals surface area contributed by atoms with E-state index in [1.165, 1.54) is 141 Å². The van der Waals surface area contributed by atoms with Crippen molar-refractivity contribution in [3.05, 3.63) is 0 Å². The highest BCUT2D eigenvalue weighted by Gasteiger charge is 2.42. The number of ether oxygens (including phenoxy) is 3. The van der Waals surface area contributed by atoms with Crippen molar-refractivity contribution in [3.63, 3.8) is 0 Å². The van der Waals surface area contributed by atoms with Crippen LogP contribution in [-0.2, 0) is 14.2 Å². The Morgan fingerprint density at radius 1 is 0.302 bits per heavy atom. The smallest absolute Gasteiger partial charge is 0.285 e. The highest BCUT2D eigenvalue weighted by atomic mass is 16.9. The first-order valence-corrected chi connectivity index (χ1v) is 20.1. The maximum absolute atomic E-state index is 6.66. The van der Waals surface area contributed by atoms with E-state index in [1.807, 2.05) is 0 Å². The van der Waals surface area contributed by atoms with Crippen LogP contribution in [0.4, 0.5) is 0 Å². The van der Waals surface area contributed by atoms with E-state index in [2.05, 4.69) is 34.6 Å². The van der Waals surface area contributed by atoms with Gasteiger partial charge >= 0.3 is 0 Å². The third-order valence-corrected chi connectivity index (χ3v) is 9.22. The van der Waals surface area contributed by atoms with Crippen molar-refractivity contribution >= 4 is 0 Å². The number of hydrogen-bond donors (Lipinski definition) is 0. The zero-order valence-corrected chi connectivity index (χ0v) is 30.6. The van der Waals surface area contributed by atoms with Crippen LogP contribution in [0, 0.1) is 5.92 Å². The Hall–Kier alpha value is -0.120. The first-order valence-electron chi connectivity index (χ1n) is 20.1. The fourth-order valence-electron chi connectivity index (χ4n) is 6.16. The van der Waals surface area contributed by atoms with Gasteiger partial charge in [0, 0.05) is 5.92 Å². The van der Waals surface area contributed by atoms with Crippen molar-refractivity contribution in [1.29, 1.82) is 0 Å². The molecule has 0 heterocycles. The Morgan fingerprint density at radius 3 is 0.791 bits per heavy atom. The largest absolute Gasteiger partial charge is 0.327 e. The van der Waals surface area contributed by atoms with Gasteiger partial charge in [0.2, 0.25) is 0 Å². The van der Waals surface area contributed by atoms with Gasteiger partial charge in [-0.05, 0) is 32.1 Å². The van der Waals surface area contributed by atoms with Gasteiger partial charge in [0.05, 0.1) is 19.8 Å². The van der Waals surface area contributed by atoms with Crippen molar-refractivity contribution in [2.75, 3.05) is 19.8 Å².